The molecule has 0 radical (unpaired) electrons. The largest absolute Gasteiger partial charge is 0.481 e. The Labute approximate surface area is 99.1 Å². The fraction of sp³-hybridized carbons (Fsp3) is 0.417. The van der Waals surface area contributed by atoms with E-state index in [0.717, 1.165) is 0 Å². The second kappa shape index (κ2) is 5.43. The predicted octanol–water partition coefficient (Wildman–Crippen LogP) is 1.68. The summed E-state index contributed by atoms with van der Waals surface area (Å²) < 4.78 is 0. The maximum Gasteiger partial charge on any atom is 0.314 e. The molecule has 92 valence electrons. The van der Waals surface area contributed by atoms with Crippen LogP contribution in [0.2, 0.25) is 0 Å². The zero-order valence-corrected chi connectivity index (χ0v) is 9.59. The van der Waals surface area contributed by atoms with E-state index in [4.69, 9.17) is 5.11 Å². The van der Waals surface area contributed by atoms with Gasteiger partial charge in [-0.1, -0.05) is 6.92 Å². The maximum absolute atomic E-state index is 11.5. The minimum absolute atomic E-state index is 0.0815. The molecule has 0 fully saturated rings. The second-order valence-corrected chi connectivity index (χ2v) is 3.87. The van der Waals surface area contributed by atoms with E-state index in [1.54, 1.807) is 19.1 Å². The molecule has 0 aliphatic heterocycles. The van der Waals surface area contributed by atoms with Crippen LogP contribution >= 0.6 is 0 Å². The molecule has 0 saturated heterocycles. The highest BCUT2D eigenvalue weighted by molar-refractivity contribution is 5.82. The molecule has 0 aliphatic rings. The Hall–Kier alpha value is -1.91. The molecule has 0 bridgehead atoms. The van der Waals surface area contributed by atoms with Crippen LogP contribution in [0.15, 0.2) is 24.5 Å². The number of nitrogens with zero attached hydrogens (tertiary/aromatic N) is 1. The Balaban J connectivity index is 3.09. The molecule has 0 saturated carbocycles. The number of rotatable bonds is 6. The summed E-state index contributed by atoms with van der Waals surface area (Å²) >= 11 is 0. The zero-order valence-electron chi connectivity index (χ0n) is 9.59. The van der Waals surface area contributed by atoms with Crippen LogP contribution in [0.1, 0.15) is 31.7 Å². The summed E-state index contributed by atoms with van der Waals surface area (Å²) in [6.45, 7) is 1.75. The summed E-state index contributed by atoms with van der Waals surface area (Å²) in [7, 11) is 0. The van der Waals surface area contributed by atoms with Crippen molar-refractivity contribution in [3.63, 3.8) is 0 Å². The molecule has 5 heteroatoms. The summed E-state index contributed by atoms with van der Waals surface area (Å²) in [6, 6.07) is 3.25. The highest BCUT2D eigenvalue weighted by Gasteiger charge is 2.38. The highest BCUT2D eigenvalue weighted by atomic mass is 16.4. The van der Waals surface area contributed by atoms with Gasteiger partial charge in [-0.3, -0.25) is 14.6 Å². The van der Waals surface area contributed by atoms with Crippen molar-refractivity contribution in [3.8, 4) is 0 Å². The lowest BCUT2D eigenvalue weighted by atomic mass is 9.75. The summed E-state index contributed by atoms with van der Waals surface area (Å²) in [5, 5.41) is 18.1. The van der Waals surface area contributed by atoms with Gasteiger partial charge in [0.15, 0.2) is 0 Å². The van der Waals surface area contributed by atoms with Crippen LogP contribution in [-0.4, -0.2) is 27.1 Å². The fourth-order valence-corrected chi connectivity index (χ4v) is 1.90. The molecule has 1 heterocycles. The van der Waals surface area contributed by atoms with Crippen LogP contribution in [0.3, 0.4) is 0 Å². The molecule has 0 spiro atoms. The standard InChI is InChI=1S/C12H15NO4/c1-2-12(11(16)17,6-3-10(14)15)9-4-7-13-8-5-9/h4-5,7-8H,2-3,6H2,1H3,(H,14,15)(H,16,17). The van der Waals surface area contributed by atoms with Gasteiger partial charge >= 0.3 is 11.9 Å². The van der Waals surface area contributed by atoms with Crippen LogP contribution in [0.4, 0.5) is 0 Å². The van der Waals surface area contributed by atoms with Crippen molar-refractivity contribution >= 4 is 11.9 Å². The van der Waals surface area contributed by atoms with Crippen molar-refractivity contribution in [2.45, 2.75) is 31.6 Å². The number of aromatic nitrogens is 1. The topological polar surface area (TPSA) is 87.5 Å². The first-order valence-corrected chi connectivity index (χ1v) is 5.38. The predicted molar refractivity (Wildman–Crippen MR) is 60.7 cm³/mol. The van der Waals surface area contributed by atoms with E-state index in [9.17, 15) is 14.7 Å². The van der Waals surface area contributed by atoms with Gasteiger partial charge in [0.2, 0.25) is 0 Å². The second-order valence-electron chi connectivity index (χ2n) is 3.87. The van der Waals surface area contributed by atoms with Crippen LogP contribution in [0.5, 0.6) is 0 Å². The summed E-state index contributed by atoms with van der Waals surface area (Å²) in [6.07, 6.45) is 3.30. The Bertz CT molecular complexity index is 404. The molecular formula is C12H15NO4. The van der Waals surface area contributed by atoms with Gasteiger partial charge in [0, 0.05) is 18.8 Å². The molecule has 1 rings (SSSR count). The number of carboxylic acid groups (broad SMARTS) is 2. The third-order valence-electron chi connectivity index (χ3n) is 3.01. The first-order chi connectivity index (χ1) is 8.03. The molecule has 1 aromatic rings. The number of hydrogen-bond acceptors (Lipinski definition) is 3. The van der Waals surface area contributed by atoms with Crippen molar-refractivity contribution in [3.05, 3.63) is 30.1 Å². The summed E-state index contributed by atoms with van der Waals surface area (Å²) in [5.41, 5.74) is -0.537. The Morgan fingerprint density at radius 1 is 1.29 bits per heavy atom. The van der Waals surface area contributed by atoms with Gasteiger partial charge in [-0.05, 0) is 30.5 Å². The molecule has 0 aromatic carbocycles. The van der Waals surface area contributed by atoms with E-state index in [-0.39, 0.29) is 12.8 Å². The fourth-order valence-electron chi connectivity index (χ4n) is 1.90. The van der Waals surface area contributed by atoms with Crippen molar-refractivity contribution < 1.29 is 19.8 Å². The molecular weight excluding hydrogens is 222 g/mol. The maximum atomic E-state index is 11.5. The van der Waals surface area contributed by atoms with Crippen LogP contribution in [0.25, 0.3) is 0 Å². The zero-order chi connectivity index (χ0) is 12.9. The molecule has 0 aliphatic carbocycles. The smallest absolute Gasteiger partial charge is 0.314 e. The lowest BCUT2D eigenvalue weighted by molar-refractivity contribution is -0.145. The molecule has 1 atom stereocenters. The average Bonchev–Trinajstić information content (AvgIpc) is 2.31. The Kier molecular flexibility index (Phi) is 4.20. The van der Waals surface area contributed by atoms with E-state index >= 15 is 0 Å². The van der Waals surface area contributed by atoms with Gasteiger partial charge in [0.05, 0.1) is 5.41 Å². The lowest BCUT2D eigenvalue weighted by Gasteiger charge is -2.28. The molecule has 5 nitrogen and oxygen atoms in total. The number of carbonyl (C=O) groups is 2. The number of aliphatic carboxylic acids is 2. The van der Waals surface area contributed by atoms with Crippen molar-refractivity contribution in [1.82, 2.24) is 4.98 Å². The molecule has 1 aromatic heterocycles. The SMILES string of the molecule is CCC(CCC(=O)O)(C(=O)O)c1ccncc1. The summed E-state index contributed by atoms with van der Waals surface area (Å²) in [5.74, 6) is -1.98. The van der Waals surface area contributed by atoms with Gasteiger partial charge in [-0.25, -0.2) is 0 Å². The Morgan fingerprint density at radius 3 is 2.29 bits per heavy atom. The van der Waals surface area contributed by atoms with Crippen LogP contribution < -0.4 is 0 Å². The number of hydrogen-bond donors (Lipinski definition) is 2. The molecule has 0 amide bonds. The average molecular weight is 237 g/mol. The Morgan fingerprint density at radius 2 is 1.88 bits per heavy atom. The first-order valence-electron chi connectivity index (χ1n) is 5.38. The minimum atomic E-state index is -1.14. The van der Waals surface area contributed by atoms with Gasteiger partial charge < -0.3 is 10.2 Å². The molecule has 1 unspecified atom stereocenters. The van der Waals surface area contributed by atoms with Crippen molar-refractivity contribution in [2.75, 3.05) is 0 Å². The van der Waals surface area contributed by atoms with E-state index in [1.165, 1.54) is 12.4 Å². The van der Waals surface area contributed by atoms with Gasteiger partial charge in [0.25, 0.3) is 0 Å². The quantitative estimate of drug-likeness (QED) is 0.785. The first kappa shape index (κ1) is 13.2. The van der Waals surface area contributed by atoms with Crippen LogP contribution in [-0.2, 0) is 15.0 Å². The van der Waals surface area contributed by atoms with Crippen molar-refractivity contribution in [1.29, 1.82) is 0 Å². The molecule has 17 heavy (non-hydrogen) atoms. The normalized spacial score (nSPS) is 13.9. The van der Waals surface area contributed by atoms with E-state index in [2.05, 4.69) is 4.98 Å². The van der Waals surface area contributed by atoms with E-state index < -0.39 is 17.4 Å². The third kappa shape index (κ3) is 2.81. The minimum Gasteiger partial charge on any atom is -0.481 e. The molecule has 2 N–H and O–H groups in total. The highest BCUT2D eigenvalue weighted by Crippen LogP contribution is 2.33. The van der Waals surface area contributed by atoms with E-state index in [1.807, 2.05) is 0 Å². The summed E-state index contributed by atoms with van der Waals surface area (Å²) in [4.78, 5) is 25.9. The monoisotopic (exact) mass is 237 g/mol. The van der Waals surface area contributed by atoms with E-state index in [0.29, 0.717) is 12.0 Å². The number of carboxylic acids is 2. The third-order valence-corrected chi connectivity index (χ3v) is 3.01. The van der Waals surface area contributed by atoms with Gasteiger partial charge in [-0.2, -0.15) is 0 Å². The van der Waals surface area contributed by atoms with Gasteiger partial charge in [0.1, 0.15) is 0 Å². The lowest BCUT2D eigenvalue weighted by Crippen LogP contribution is -2.35. The number of pyridine rings is 1. The van der Waals surface area contributed by atoms with Crippen molar-refractivity contribution in [2.24, 2.45) is 0 Å². The van der Waals surface area contributed by atoms with Gasteiger partial charge in [-0.15, -0.1) is 0 Å². The van der Waals surface area contributed by atoms with Crippen LogP contribution in [0, 0.1) is 0 Å².